The number of ether oxygens (including phenoxy) is 4. The van der Waals surface area contributed by atoms with Gasteiger partial charge < -0.3 is 29.6 Å². The number of pyridine rings is 1. The Hall–Kier alpha value is -6.28. The Labute approximate surface area is 278 Å². The summed E-state index contributed by atoms with van der Waals surface area (Å²) in [5, 5.41) is 16.2. The van der Waals surface area contributed by atoms with Crippen LogP contribution in [0.15, 0.2) is 97.2 Å². The number of hydrogen-bond acceptors (Lipinski definition) is 9. The number of nitrogens with zero attached hydrogens (tertiary/aromatic N) is 3. The van der Waals surface area contributed by atoms with Gasteiger partial charge in [-0.15, -0.1) is 0 Å². The second-order valence-corrected chi connectivity index (χ2v) is 11.2. The summed E-state index contributed by atoms with van der Waals surface area (Å²) in [5.41, 5.74) is 2.22. The van der Waals surface area contributed by atoms with Crippen LogP contribution in [0.5, 0.6) is 23.0 Å². The molecule has 0 aliphatic carbocycles. The number of carbonyl (C=O) groups excluding carboxylic acids is 2. The Bertz CT molecular complexity index is 1970. The van der Waals surface area contributed by atoms with Gasteiger partial charge in [0.2, 0.25) is 0 Å². The van der Waals surface area contributed by atoms with Gasteiger partial charge in [-0.3, -0.25) is 14.7 Å². The van der Waals surface area contributed by atoms with E-state index in [1.54, 1.807) is 70.4 Å². The van der Waals surface area contributed by atoms with Gasteiger partial charge in [-0.05, 0) is 67.9 Å². The van der Waals surface area contributed by atoms with E-state index in [0.29, 0.717) is 56.5 Å². The number of benzene rings is 4. The van der Waals surface area contributed by atoms with Gasteiger partial charge >= 0.3 is 6.09 Å². The summed E-state index contributed by atoms with van der Waals surface area (Å²) in [6, 6.07) is 29.2. The van der Waals surface area contributed by atoms with Gasteiger partial charge in [0.1, 0.15) is 18.4 Å². The fourth-order valence-corrected chi connectivity index (χ4v) is 4.91. The molecule has 1 aromatic heterocycles. The smallest absolute Gasteiger partial charge is 0.414 e. The molecule has 5 aromatic rings. The predicted molar refractivity (Wildman–Crippen MR) is 183 cm³/mol. The highest BCUT2D eigenvalue weighted by Gasteiger charge is 2.30. The minimum Gasteiger partial charge on any atom is -0.492 e. The Balaban J connectivity index is 1.43. The number of likely N-dealkylation sites (N-methyl/N-ethyl adjacent to an activating group) is 1. The molecule has 244 valence electrons. The average molecular weight is 646 g/mol. The van der Waals surface area contributed by atoms with Crippen LogP contribution >= 0.6 is 0 Å². The third kappa shape index (κ3) is 7.40. The van der Waals surface area contributed by atoms with Gasteiger partial charge in [0.25, 0.3) is 5.91 Å². The van der Waals surface area contributed by atoms with E-state index < -0.39 is 11.7 Å². The number of carbonyl (C=O) groups is 2. The number of fused-ring (bicyclic) bond motifs is 1. The highest BCUT2D eigenvalue weighted by molar-refractivity contribution is 6.04. The van der Waals surface area contributed by atoms with Crippen LogP contribution in [-0.2, 0) is 16.1 Å². The van der Waals surface area contributed by atoms with E-state index in [9.17, 15) is 14.9 Å². The molecule has 0 aliphatic heterocycles. The van der Waals surface area contributed by atoms with Crippen molar-refractivity contribution in [1.82, 2.24) is 10.3 Å². The number of amides is 2. The van der Waals surface area contributed by atoms with E-state index in [2.05, 4.69) is 21.7 Å². The van der Waals surface area contributed by atoms with Crippen LogP contribution in [0.4, 0.5) is 21.9 Å². The van der Waals surface area contributed by atoms with Crippen molar-refractivity contribution in [1.29, 1.82) is 5.26 Å². The highest BCUT2D eigenvalue weighted by atomic mass is 16.6. The molecule has 48 heavy (non-hydrogen) atoms. The zero-order chi connectivity index (χ0) is 34.3. The van der Waals surface area contributed by atoms with Crippen LogP contribution in [0.1, 0.15) is 25.0 Å². The Morgan fingerprint density at radius 3 is 2.31 bits per heavy atom. The minimum absolute atomic E-state index is 0.103. The maximum Gasteiger partial charge on any atom is 0.414 e. The zero-order valence-corrected chi connectivity index (χ0v) is 27.2. The lowest BCUT2D eigenvalue weighted by Crippen LogP contribution is -2.45. The van der Waals surface area contributed by atoms with Crippen molar-refractivity contribution < 1.29 is 28.5 Å². The van der Waals surface area contributed by atoms with Crippen LogP contribution < -0.4 is 29.7 Å². The molecule has 11 heteroatoms. The molecule has 4 aromatic carbocycles. The van der Waals surface area contributed by atoms with E-state index in [-0.39, 0.29) is 12.5 Å². The molecular weight excluding hydrogens is 610 g/mol. The summed E-state index contributed by atoms with van der Waals surface area (Å²) in [6.07, 6.45) is 0.889. The van der Waals surface area contributed by atoms with Gasteiger partial charge in [-0.2, -0.15) is 5.26 Å². The third-order valence-corrected chi connectivity index (χ3v) is 7.43. The molecule has 2 amide bonds. The first-order valence-electron chi connectivity index (χ1n) is 15.0. The number of nitrogens with one attached hydrogen (secondary N) is 2. The van der Waals surface area contributed by atoms with Crippen molar-refractivity contribution in [3.05, 3.63) is 108 Å². The lowest BCUT2D eigenvalue weighted by Gasteiger charge is -2.25. The number of methoxy groups -OCH3 is 1. The molecule has 0 spiro atoms. The lowest BCUT2D eigenvalue weighted by molar-refractivity contribution is -0.133. The normalized spacial score (nSPS) is 10.8. The molecule has 0 unspecified atom stereocenters. The Morgan fingerprint density at radius 1 is 0.958 bits per heavy atom. The van der Waals surface area contributed by atoms with Crippen LogP contribution in [0, 0.1) is 11.3 Å². The van der Waals surface area contributed by atoms with Crippen molar-refractivity contribution in [3.63, 3.8) is 0 Å². The van der Waals surface area contributed by atoms with Crippen molar-refractivity contribution in [2.75, 3.05) is 31.4 Å². The van der Waals surface area contributed by atoms with Crippen molar-refractivity contribution in [2.24, 2.45) is 0 Å². The van der Waals surface area contributed by atoms with Crippen LogP contribution in [0.25, 0.3) is 10.9 Å². The van der Waals surface area contributed by atoms with E-state index in [1.807, 2.05) is 48.5 Å². The molecule has 0 saturated heterocycles. The van der Waals surface area contributed by atoms with Gasteiger partial charge in [-0.25, -0.2) is 4.79 Å². The average Bonchev–Trinajstić information content (AvgIpc) is 3.11. The molecule has 0 atom stereocenters. The molecule has 5 rings (SSSR count). The second kappa shape index (κ2) is 14.4. The zero-order valence-electron chi connectivity index (χ0n) is 27.2. The molecule has 0 radical (unpaired) electrons. The molecule has 1 heterocycles. The number of aromatic nitrogens is 1. The lowest BCUT2D eigenvalue weighted by atomic mass is 10.1. The fraction of sp³-hybridized carbons (Fsp3) is 0.189. The third-order valence-electron chi connectivity index (χ3n) is 7.43. The Kier molecular flexibility index (Phi) is 9.95. The van der Waals surface area contributed by atoms with Crippen LogP contribution in [0.2, 0.25) is 0 Å². The van der Waals surface area contributed by atoms with Crippen molar-refractivity contribution in [2.45, 2.75) is 26.1 Å². The van der Waals surface area contributed by atoms with Gasteiger partial charge in [-0.1, -0.05) is 42.5 Å². The quantitative estimate of drug-likeness (QED) is 0.151. The number of rotatable bonds is 11. The minimum atomic E-state index is -1.12. The number of para-hydroxylation sites is 2. The maximum atomic E-state index is 13.1. The summed E-state index contributed by atoms with van der Waals surface area (Å²) in [6.45, 7) is 3.46. The van der Waals surface area contributed by atoms with Crippen molar-refractivity contribution >= 4 is 40.0 Å². The summed E-state index contributed by atoms with van der Waals surface area (Å²) in [5.74, 6) is 1.45. The van der Waals surface area contributed by atoms with E-state index in [1.165, 1.54) is 18.2 Å². The molecule has 0 aliphatic rings. The van der Waals surface area contributed by atoms with E-state index >= 15 is 0 Å². The molecular formula is C37H35N5O6. The molecule has 0 saturated carbocycles. The monoisotopic (exact) mass is 645 g/mol. The number of nitriles is 1. The van der Waals surface area contributed by atoms with Gasteiger partial charge in [0.15, 0.2) is 22.8 Å². The Morgan fingerprint density at radius 2 is 1.65 bits per heavy atom. The second-order valence-electron chi connectivity index (χ2n) is 11.2. The summed E-state index contributed by atoms with van der Waals surface area (Å²) >= 11 is 0. The topological polar surface area (TPSA) is 135 Å². The molecule has 2 N–H and O–H groups in total. The summed E-state index contributed by atoms with van der Waals surface area (Å²) in [4.78, 5) is 31.3. The van der Waals surface area contributed by atoms with Crippen LogP contribution in [-0.4, -0.2) is 43.8 Å². The van der Waals surface area contributed by atoms with Gasteiger partial charge in [0.05, 0.1) is 29.6 Å². The molecule has 11 nitrogen and oxygen atoms in total. The van der Waals surface area contributed by atoms with Crippen molar-refractivity contribution in [3.8, 4) is 29.1 Å². The summed E-state index contributed by atoms with van der Waals surface area (Å²) < 4.78 is 23.6. The van der Waals surface area contributed by atoms with E-state index in [4.69, 9.17) is 18.9 Å². The predicted octanol–water partition coefficient (Wildman–Crippen LogP) is 7.33. The first kappa shape index (κ1) is 33.1. The number of hydrogen-bond donors (Lipinski definition) is 2. The maximum absolute atomic E-state index is 13.1. The van der Waals surface area contributed by atoms with Gasteiger partial charge in [0, 0.05) is 31.4 Å². The summed E-state index contributed by atoms with van der Waals surface area (Å²) in [7, 11) is 4.65. The van der Waals surface area contributed by atoms with E-state index in [0.717, 1.165) is 5.56 Å². The fourth-order valence-electron chi connectivity index (χ4n) is 4.91. The number of anilines is 3. The molecule has 0 bridgehead atoms. The van der Waals surface area contributed by atoms with Crippen LogP contribution in [0.3, 0.4) is 0 Å². The first-order valence-corrected chi connectivity index (χ1v) is 15.0. The SMILES string of the molecule is CNC(=O)C(C)(C)Oc1ccccc1Oc1ccc(Nc2c(OC)c(N(C)C(=O)OCc3ccccc3)cc3ncc(C#N)cc23)cc1. The largest absolute Gasteiger partial charge is 0.492 e. The highest BCUT2D eigenvalue weighted by Crippen LogP contribution is 2.43. The molecule has 0 fully saturated rings. The first-order chi connectivity index (χ1) is 23.1. The standard InChI is InChI=1S/C37H35N5O6/c1-37(2,35(43)39-3)48-32-14-10-9-13-31(32)47-27-17-15-26(16-18-27)41-33-28-19-25(21-38)22-40-29(28)20-30(34(33)45-5)42(4)36(44)46-23-24-11-7-6-8-12-24/h6-20,22,41H,23H2,1-5H3,(H,39,43).